The third kappa shape index (κ3) is 5.74. The summed E-state index contributed by atoms with van der Waals surface area (Å²) in [6, 6.07) is 14.5. The Hall–Kier alpha value is -3.52. The summed E-state index contributed by atoms with van der Waals surface area (Å²) in [6.07, 6.45) is 1.51. The van der Waals surface area contributed by atoms with Crippen molar-refractivity contribution < 1.29 is 14.5 Å². The van der Waals surface area contributed by atoms with Gasteiger partial charge in [-0.15, -0.1) is 11.3 Å². The van der Waals surface area contributed by atoms with Gasteiger partial charge in [-0.2, -0.15) is 0 Å². The Morgan fingerprint density at radius 3 is 2.57 bits per heavy atom. The molecule has 4 rings (SSSR count). The summed E-state index contributed by atoms with van der Waals surface area (Å²) in [5.74, 6) is -0.151. The molecule has 3 aromatic rings. The number of carbonyl (C=O) groups excluding carboxylic acids is 2. The molecule has 1 aliphatic rings. The molecule has 1 atom stereocenters. The third-order valence-corrected chi connectivity index (χ3v) is 8.01. The highest BCUT2D eigenvalue weighted by molar-refractivity contribution is 7.10. The number of aryl methyl sites for hydroxylation is 2. The number of rotatable bonds is 8. The number of nitro groups is 1. The van der Waals surface area contributed by atoms with Gasteiger partial charge >= 0.3 is 0 Å². The maximum atomic E-state index is 13.9. The number of carbonyl (C=O) groups is 2. The normalized spacial score (nSPS) is 14.9. The zero-order valence-electron chi connectivity index (χ0n) is 21.8. The quantitative estimate of drug-likeness (QED) is 0.273. The molecule has 0 N–H and O–H groups in total. The summed E-state index contributed by atoms with van der Waals surface area (Å²) in [4.78, 5) is 43.1. The van der Waals surface area contributed by atoms with Crippen LogP contribution in [-0.2, 0) is 11.2 Å². The minimum atomic E-state index is -0.477. The predicted octanol–water partition coefficient (Wildman–Crippen LogP) is 5.94. The van der Waals surface area contributed by atoms with Gasteiger partial charge in [0.25, 0.3) is 11.6 Å². The fraction of sp³-hybridized carbons (Fsp3) is 0.379. The molecule has 0 saturated heterocycles. The molecule has 0 radical (unpaired) electrons. The molecular weight excluding hydrogens is 486 g/mol. The number of amides is 2. The second-order valence-electron chi connectivity index (χ2n) is 10.1. The van der Waals surface area contributed by atoms with Crippen LogP contribution in [-0.4, -0.2) is 46.2 Å². The zero-order chi connectivity index (χ0) is 26.7. The molecule has 2 aromatic carbocycles. The highest BCUT2D eigenvalue weighted by atomic mass is 32.1. The second-order valence-corrected chi connectivity index (χ2v) is 11.1. The summed E-state index contributed by atoms with van der Waals surface area (Å²) < 4.78 is 0. The van der Waals surface area contributed by atoms with Crippen LogP contribution in [0, 0.1) is 29.9 Å². The average Bonchev–Trinajstić information content (AvgIpc) is 3.35. The fourth-order valence-corrected chi connectivity index (χ4v) is 5.76. The molecule has 0 fully saturated rings. The Balaban J connectivity index is 1.65. The van der Waals surface area contributed by atoms with Crippen LogP contribution in [0.4, 0.5) is 5.69 Å². The Morgan fingerprint density at radius 1 is 1.11 bits per heavy atom. The summed E-state index contributed by atoms with van der Waals surface area (Å²) in [7, 11) is 0. The van der Waals surface area contributed by atoms with Gasteiger partial charge in [0, 0.05) is 35.2 Å². The molecule has 0 spiro atoms. The number of fused-ring (bicyclic) bond motifs is 1. The lowest BCUT2D eigenvalue weighted by atomic mass is 9.90. The van der Waals surface area contributed by atoms with Crippen molar-refractivity contribution in [2.75, 3.05) is 19.6 Å². The Labute approximate surface area is 221 Å². The lowest BCUT2D eigenvalue weighted by molar-refractivity contribution is -0.385. The monoisotopic (exact) mass is 519 g/mol. The van der Waals surface area contributed by atoms with Crippen molar-refractivity contribution in [1.82, 2.24) is 9.80 Å². The Bertz CT molecular complexity index is 1320. The van der Waals surface area contributed by atoms with Crippen LogP contribution in [0.1, 0.15) is 63.8 Å². The summed E-state index contributed by atoms with van der Waals surface area (Å²) in [5, 5.41) is 13.5. The van der Waals surface area contributed by atoms with Crippen molar-refractivity contribution in [2.24, 2.45) is 5.92 Å². The summed E-state index contributed by atoms with van der Waals surface area (Å²) in [6.45, 7) is 8.74. The van der Waals surface area contributed by atoms with Crippen LogP contribution >= 0.6 is 11.3 Å². The minimum Gasteiger partial charge on any atom is -0.330 e. The van der Waals surface area contributed by atoms with Crippen LogP contribution in [0.15, 0.2) is 53.9 Å². The highest BCUT2D eigenvalue weighted by Gasteiger charge is 2.35. The Morgan fingerprint density at radius 2 is 1.86 bits per heavy atom. The van der Waals surface area contributed by atoms with Crippen LogP contribution in [0.25, 0.3) is 0 Å². The number of nitrogens with zero attached hydrogens (tertiary/aromatic N) is 3. The summed E-state index contributed by atoms with van der Waals surface area (Å²) in [5.41, 5.74) is 3.97. The molecule has 2 amide bonds. The molecule has 8 heteroatoms. The van der Waals surface area contributed by atoms with Crippen molar-refractivity contribution in [3.8, 4) is 0 Å². The van der Waals surface area contributed by atoms with E-state index in [1.807, 2.05) is 17.0 Å². The van der Waals surface area contributed by atoms with E-state index in [0.29, 0.717) is 24.6 Å². The van der Waals surface area contributed by atoms with Gasteiger partial charge in [0.2, 0.25) is 5.91 Å². The van der Waals surface area contributed by atoms with E-state index in [1.165, 1.54) is 10.9 Å². The second kappa shape index (κ2) is 11.3. The predicted molar refractivity (Wildman–Crippen MR) is 146 cm³/mol. The molecule has 1 aromatic heterocycles. The largest absolute Gasteiger partial charge is 0.330 e. The molecule has 0 saturated carbocycles. The first-order valence-electron chi connectivity index (χ1n) is 12.6. The van der Waals surface area contributed by atoms with Gasteiger partial charge in [-0.3, -0.25) is 19.7 Å². The van der Waals surface area contributed by atoms with E-state index in [0.717, 1.165) is 29.5 Å². The van der Waals surface area contributed by atoms with Gasteiger partial charge in [-0.05, 0) is 66.8 Å². The first-order chi connectivity index (χ1) is 17.7. The van der Waals surface area contributed by atoms with E-state index in [-0.39, 0.29) is 35.7 Å². The third-order valence-electron chi connectivity index (χ3n) is 7.01. The molecule has 37 heavy (non-hydrogen) atoms. The maximum absolute atomic E-state index is 13.9. The molecule has 0 bridgehead atoms. The standard InChI is InChI=1S/C29H33N3O4S/c1-19(2)11-14-30(29(34)22-10-9-21(4)25(17-22)32(35)36)18-27(33)31-15-12-26-24(13-16-37-26)28(31)23-8-6-5-7-20(23)3/h5-10,13,16-17,19,28H,11-12,14-15,18H2,1-4H3. The maximum Gasteiger partial charge on any atom is 0.273 e. The van der Waals surface area contributed by atoms with E-state index >= 15 is 0 Å². The van der Waals surface area contributed by atoms with Crippen molar-refractivity contribution in [3.63, 3.8) is 0 Å². The van der Waals surface area contributed by atoms with Gasteiger partial charge in [0.15, 0.2) is 0 Å². The Kier molecular flexibility index (Phi) is 8.07. The average molecular weight is 520 g/mol. The van der Waals surface area contributed by atoms with E-state index in [4.69, 9.17) is 0 Å². The summed E-state index contributed by atoms with van der Waals surface area (Å²) >= 11 is 1.72. The molecular formula is C29H33N3O4S. The van der Waals surface area contributed by atoms with Crippen LogP contribution in [0.2, 0.25) is 0 Å². The van der Waals surface area contributed by atoms with Crippen molar-refractivity contribution in [2.45, 2.75) is 46.6 Å². The van der Waals surface area contributed by atoms with Crippen molar-refractivity contribution >= 4 is 28.8 Å². The van der Waals surface area contributed by atoms with Gasteiger partial charge in [-0.25, -0.2) is 0 Å². The van der Waals surface area contributed by atoms with Crippen LogP contribution in [0.3, 0.4) is 0 Å². The molecule has 0 aliphatic carbocycles. The van der Waals surface area contributed by atoms with E-state index in [1.54, 1.807) is 35.3 Å². The SMILES string of the molecule is Cc1ccccc1C1c2ccsc2CCN1C(=O)CN(CCC(C)C)C(=O)c1ccc(C)c([N+](=O)[O-])c1. The molecule has 7 nitrogen and oxygen atoms in total. The number of nitro benzene ring substituents is 1. The molecule has 1 aliphatic heterocycles. The van der Waals surface area contributed by atoms with E-state index in [9.17, 15) is 19.7 Å². The van der Waals surface area contributed by atoms with Crippen molar-refractivity contribution in [3.05, 3.63) is 96.7 Å². The number of thiophene rings is 1. The molecule has 1 unspecified atom stereocenters. The molecule has 194 valence electrons. The number of hydrogen-bond acceptors (Lipinski definition) is 5. The fourth-order valence-electron chi connectivity index (χ4n) is 4.86. The zero-order valence-corrected chi connectivity index (χ0v) is 22.6. The highest BCUT2D eigenvalue weighted by Crippen LogP contribution is 2.39. The van der Waals surface area contributed by atoms with Crippen LogP contribution in [0.5, 0.6) is 0 Å². The first kappa shape index (κ1) is 26.5. The first-order valence-corrected chi connectivity index (χ1v) is 13.5. The lowest BCUT2D eigenvalue weighted by Crippen LogP contribution is -2.47. The van der Waals surface area contributed by atoms with Gasteiger partial charge in [-0.1, -0.05) is 44.2 Å². The van der Waals surface area contributed by atoms with Gasteiger partial charge in [0.05, 0.1) is 11.0 Å². The topological polar surface area (TPSA) is 83.8 Å². The number of benzene rings is 2. The van der Waals surface area contributed by atoms with Gasteiger partial charge in [0.1, 0.15) is 6.54 Å². The lowest BCUT2D eigenvalue weighted by Gasteiger charge is -2.38. The van der Waals surface area contributed by atoms with Crippen molar-refractivity contribution in [1.29, 1.82) is 0 Å². The number of hydrogen-bond donors (Lipinski definition) is 0. The van der Waals surface area contributed by atoms with E-state index in [2.05, 4.69) is 44.4 Å². The smallest absolute Gasteiger partial charge is 0.273 e. The van der Waals surface area contributed by atoms with Crippen LogP contribution < -0.4 is 0 Å². The minimum absolute atomic E-state index is 0.0743. The molecule has 2 heterocycles. The van der Waals surface area contributed by atoms with Gasteiger partial charge < -0.3 is 9.80 Å². The van der Waals surface area contributed by atoms with E-state index < -0.39 is 4.92 Å².